The van der Waals surface area contributed by atoms with Crippen LogP contribution >= 0.6 is 0 Å². The maximum Gasteiger partial charge on any atom is 0.270 e. The molecule has 0 aliphatic carbocycles. The highest BCUT2D eigenvalue weighted by atomic mass is 16.5. The van der Waals surface area contributed by atoms with E-state index in [4.69, 9.17) is 4.74 Å². The lowest BCUT2D eigenvalue weighted by Crippen LogP contribution is -2.39. The number of hydrogen-bond acceptors (Lipinski definition) is 3. The van der Waals surface area contributed by atoms with E-state index in [1.54, 1.807) is 31.4 Å². The number of nitrogens with zero attached hydrogens (tertiary/aromatic N) is 2. The van der Waals surface area contributed by atoms with Crippen LogP contribution in [0.3, 0.4) is 0 Å². The molecule has 1 aliphatic heterocycles. The molecular weight excluding hydrogens is 414 g/mol. The van der Waals surface area contributed by atoms with Gasteiger partial charge in [-0.05, 0) is 56.2 Å². The van der Waals surface area contributed by atoms with Crippen molar-refractivity contribution in [1.29, 1.82) is 0 Å². The molecule has 172 valence electrons. The third kappa shape index (κ3) is 5.11. The molecule has 1 aliphatic rings. The van der Waals surface area contributed by atoms with Gasteiger partial charge in [0.2, 0.25) is 0 Å². The number of carbonyl (C=O) groups excluding carboxylic acids is 2. The standard InChI is InChI=1S/C27H31N3O3/c1-3-29-19-21(23-10-6-7-11-25(23)29)18-24(27(32)30-16-8-4-5-9-17-30)28-26(31)20-12-14-22(33-2)15-13-20/h6-7,10-15,18-19H,3-5,8-9,16-17H2,1-2H3,(H,28,31). The van der Waals surface area contributed by atoms with Gasteiger partial charge in [-0.15, -0.1) is 0 Å². The highest BCUT2D eigenvalue weighted by molar-refractivity contribution is 6.06. The van der Waals surface area contributed by atoms with Crippen LogP contribution in [-0.2, 0) is 11.3 Å². The highest BCUT2D eigenvalue weighted by Gasteiger charge is 2.22. The SMILES string of the molecule is CCn1cc(C=C(NC(=O)c2ccc(OC)cc2)C(=O)N2CCCCCC2)c2ccccc21. The minimum atomic E-state index is -0.314. The van der Waals surface area contributed by atoms with Gasteiger partial charge < -0.3 is 19.5 Å². The summed E-state index contributed by atoms with van der Waals surface area (Å²) in [4.78, 5) is 28.5. The molecule has 2 amide bonds. The lowest BCUT2D eigenvalue weighted by molar-refractivity contribution is -0.127. The van der Waals surface area contributed by atoms with Gasteiger partial charge in [-0.25, -0.2) is 0 Å². The first-order valence-corrected chi connectivity index (χ1v) is 11.6. The highest BCUT2D eigenvalue weighted by Crippen LogP contribution is 2.24. The number of likely N-dealkylation sites (tertiary alicyclic amines) is 1. The van der Waals surface area contributed by atoms with E-state index in [1.165, 1.54) is 0 Å². The molecule has 2 heterocycles. The second kappa shape index (κ2) is 10.4. The van der Waals surface area contributed by atoms with E-state index in [2.05, 4.69) is 22.9 Å². The number of rotatable bonds is 6. The Hall–Kier alpha value is -3.54. The van der Waals surface area contributed by atoms with Gasteiger partial charge in [0.1, 0.15) is 11.4 Å². The Morgan fingerprint density at radius 1 is 1.00 bits per heavy atom. The number of hydrogen-bond donors (Lipinski definition) is 1. The van der Waals surface area contributed by atoms with Crippen molar-refractivity contribution >= 4 is 28.8 Å². The van der Waals surface area contributed by atoms with E-state index in [0.717, 1.165) is 48.7 Å². The molecule has 3 aromatic rings. The van der Waals surface area contributed by atoms with Gasteiger partial charge in [0.05, 0.1) is 7.11 Å². The van der Waals surface area contributed by atoms with E-state index in [1.807, 2.05) is 35.4 Å². The number of benzene rings is 2. The van der Waals surface area contributed by atoms with Gasteiger partial charge in [0.15, 0.2) is 0 Å². The first kappa shape index (κ1) is 22.6. The van der Waals surface area contributed by atoms with Crippen LogP contribution in [0.2, 0.25) is 0 Å². The first-order valence-electron chi connectivity index (χ1n) is 11.6. The summed E-state index contributed by atoms with van der Waals surface area (Å²) in [5, 5.41) is 3.96. The maximum atomic E-state index is 13.6. The van der Waals surface area contributed by atoms with Crippen LogP contribution in [0.25, 0.3) is 17.0 Å². The first-order chi connectivity index (χ1) is 16.1. The van der Waals surface area contributed by atoms with Crippen LogP contribution in [0.15, 0.2) is 60.4 Å². The number of fused-ring (bicyclic) bond motifs is 1. The quantitative estimate of drug-likeness (QED) is 0.552. The molecule has 1 saturated heterocycles. The molecule has 1 fully saturated rings. The predicted octanol–water partition coefficient (Wildman–Crippen LogP) is 4.84. The van der Waals surface area contributed by atoms with E-state index in [9.17, 15) is 9.59 Å². The van der Waals surface area contributed by atoms with Gasteiger partial charge in [0, 0.05) is 47.9 Å². The number of nitrogens with one attached hydrogen (secondary N) is 1. The lowest BCUT2D eigenvalue weighted by atomic mass is 10.1. The number of aryl methyl sites for hydroxylation is 1. The lowest BCUT2D eigenvalue weighted by Gasteiger charge is -2.22. The van der Waals surface area contributed by atoms with Gasteiger partial charge in [-0.1, -0.05) is 31.0 Å². The Labute approximate surface area is 194 Å². The minimum Gasteiger partial charge on any atom is -0.497 e. The molecule has 6 nitrogen and oxygen atoms in total. The number of methoxy groups -OCH3 is 1. The molecule has 1 aromatic heterocycles. The Morgan fingerprint density at radius 3 is 2.36 bits per heavy atom. The van der Waals surface area contributed by atoms with Crippen molar-refractivity contribution in [2.75, 3.05) is 20.2 Å². The zero-order valence-electron chi connectivity index (χ0n) is 19.3. The molecule has 0 unspecified atom stereocenters. The second-order valence-corrected chi connectivity index (χ2v) is 8.33. The van der Waals surface area contributed by atoms with Crippen LogP contribution in [-0.4, -0.2) is 41.5 Å². The largest absolute Gasteiger partial charge is 0.497 e. The van der Waals surface area contributed by atoms with Crippen molar-refractivity contribution in [1.82, 2.24) is 14.8 Å². The molecule has 0 radical (unpaired) electrons. The van der Waals surface area contributed by atoms with E-state index in [-0.39, 0.29) is 11.8 Å². The number of carbonyl (C=O) groups is 2. The Bertz CT molecular complexity index is 1150. The number of aromatic nitrogens is 1. The van der Waals surface area contributed by atoms with Crippen molar-refractivity contribution in [3.8, 4) is 5.75 Å². The maximum absolute atomic E-state index is 13.6. The average Bonchev–Trinajstić information content (AvgIpc) is 3.00. The molecule has 6 heteroatoms. The van der Waals surface area contributed by atoms with E-state index >= 15 is 0 Å². The summed E-state index contributed by atoms with van der Waals surface area (Å²) in [6, 6.07) is 15.0. The van der Waals surface area contributed by atoms with Crippen LogP contribution in [0, 0.1) is 0 Å². The molecule has 4 rings (SSSR count). The van der Waals surface area contributed by atoms with Crippen LogP contribution in [0.4, 0.5) is 0 Å². The topological polar surface area (TPSA) is 63.6 Å². The summed E-state index contributed by atoms with van der Waals surface area (Å²) in [6.45, 7) is 4.34. The number of para-hydroxylation sites is 1. The molecule has 0 bridgehead atoms. The fraction of sp³-hybridized carbons (Fsp3) is 0.333. The predicted molar refractivity (Wildman–Crippen MR) is 131 cm³/mol. The second-order valence-electron chi connectivity index (χ2n) is 8.33. The Kier molecular flexibility index (Phi) is 7.13. The Balaban J connectivity index is 1.70. The average molecular weight is 446 g/mol. The van der Waals surface area contributed by atoms with Crippen molar-refractivity contribution < 1.29 is 14.3 Å². The van der Waals surface area contributed by atoms with E-state index < -0.39 is 0 Å². The smallest absolute Gasteiger partial charge is 0.270 e. The molecule has 1 N–H and O–H groups in total. The van der Waals surface area contributed by atoms with Gasteiger partial charge in [-0.2, -0.15) is 0 Å². The van der Waals surface area contributed by atoms with Crippen LogP contribution in [0.5, 0.6) is 5.75 Å². The van der Waals surface area contributed by atoms with Crippen LogP contribution < -0.4 is 10.1 Å². The zero-order chi connectivity index (χ0) is 23.2. The van der Waals surface area contributed by atoms with E-state index in [0.29, 0.717) is 30.1 Å². The van der Waals surface area contributed by atoms with Crippen LogP contribution in [0.1, 0.15) is 48.5 Å². The molecule has 2 aromatic carbocycles. The zero-order valence-corrected chi connectivity index (χ0v) is 19.3. The molecule has 0 saturated carbocycles. The minimum absolute atomic E-state index is 0.132. The van der Waals surface area contributed by atoms with Crippen molar-refractivity contribution in [3.63, 3.8) is 0 Å². The molecule has 0 atom stereocenters. The monoisotopic (exact) mass is 445 g/mol. The summed E-state index contributed by atoms with van der Waals surface area (Å²) >= 11 is 0. The van der Waals surface area contributed by atoms with Gasteiger partial charge >= 0.3 is 0 Å². The third-order valence-corrected chi connectivity index (χ3v) is 6.18. The number of ether oxygens (including phenoxy) is 1. The molecule has 0 spiro atoms. The molecule has 33 heavy (non-hydrogen) atoms. The fourth-order valence-corrected chi connectivity index (χ4v) is 4.34. The van der Waals surface area contributed by atoms with Crippen molar-refractivity contribution in [2.24, 2.45) is 0 Å². The summed E-state index contributed by atoms with van der Waals surface area (Å²) in [7, 11) is 1.59. The summed E-state index contributed by atoms with van der Waals surface area (Å²) in [6.07, 6.45) is 8.10. The summed E-state index contributed by atoms with van der Waals surface area (Å²) in [5.74, 6) is 0.230. The fourth-order valence-electron chi connectivity index (χ4n) is 4.34. The summed E-state index contributed by atoms with van der Waals surface area (Å²) < 4.78 is 7.34. The normalized spacial score (nSPS) is 14.7. The van der Waals surface area contributed by atoms with Crippen molar-refractivity contribution in [3.05, 3.63) is 71.6 Å². The van der Waals surface area contributed by atoms with Gasteiger partial charge in [0.25, 0.3) is 11.8 Å². The van der Waals surface area contributed by atoms with Crippen molar-refractivity contribution in [2.45, 2.75) is 39.2 Å². The Morgan fingerprint density at radius 2 is 1.70 bits per heavy atom. The third-order valence-electron chi connectivity index (χ3n) is 6.18. The summed E-state index contributed by atoms with van der Waals surface area (Å²) in [5.41, 5.74) is 2.80. The molecular formula is C27H31N3O3. The number of amides is 2. The van der Waals surface area contributed by atoms with Gasteiger partial charge in [-0.3, -0.25) is 9.59 Å².